The minimum Gasteiger partial charge on any atom is -0.493 e. The fourth-order valence-corrected chi connectivity index (χ4v) is 2.46. The van der Waals surface area contributed by atoms with Gasteiger partial charge in [0.05, 0.1) is 20.3 Å². The van der Waals surface area contributed by atoms with Crippen molar-refractivity contribution in [1.82, 2.24) is 5.32 Å². The summed E-state index contributed by atoms with van der Waals surface area (Å²) in [6.45, 7) is 2.02. The summed E-state index contributed by atoms with van der Waals surface area (Å²) in [4.78, 5) is 12.4. The quantitative estimate of drug-likeness (QED) is 0.860. The van der Waals surface area contributed by atoms with E-state index in [1.165, 1.54) is 0 Å². The Kier molecular flexibility index (Phi) is 5.88. The van der Waals surface area contributed by atoms with E-state index in [0.717, 1.165) is 12.0 Å². The average Bonchev–Trinajstić information content (AvgIpc) is 2.59. The fourth-order valence-electron chi connectivity index (χ4n) is 2.33. The average molecular weight is 334 g/mol. The predicted octanol–water partition coefficient (Wildman–Crippen LogP) is 4.24. The number of benzene rings is 2. The summed E-state index contributed by atoms with van der Waals surface area (Å²) >= 11 is 5.85. The molecule has 1 atom stereocenters. The molecule has 0 unspecified atom stereocenters. The van der Waals surface area contributed by atoms with E-state index in [2.05, 4.69) is 5.32 Å². The first-order valence-electron chi connectivity index (χ1n) is 7.37. The van der Waals surface area contributed by atoms with E-state index in [9.17, 15) is 4.79 Å². The Bertz CT molecular complexity index is 670. The van der Waals surface area contributed by atoms with Crippen LogP contribution in [0.4, 0.5) is 0 Å². The molecule has 0 aliphatic heterocycles. The molecule has 1 N–H and O–H groups in total. The van der Waals surface area contributed by atoms with Gasteiger partial charge in [0, 0.05) is 10.6 Å². The Balaban J connectivity index is 2.19. The van der Waals surface area contributed by atoms with Crippen molar-refractivity contribution >= 4 is 17.5 Å². The predicted molar refractivity (Wildman–Crippen MR) is 91.5 cm³/mol. The third-order valence-corrected chi connectivity index (χ3v) is 3.88. The number of rotatable bonds is 6. The standard InChI is InChI=1S/C18H20ClNO3/c1-4-15(13-7-10-16(22-2)17(11-13)23-3)20-18(21)12-5-8-14(19)9-6-12/h5-11,15H,4H2,1-3H3,(H,20,21)/t15-/m1/s1. The summed E-state index contributed by atoms with van der Waals surface area (Å²) in [5.74, 6) is 1.17. The van der Waals surface area contributed by atoms with Crippen LogP contribution in [0.2, 0.25) is 5.02 Å². The monoisotopic (exact) mass is 333 g/mol. The number of hydrogen-bond donors (Lipinski definition) is 1. The number of hydrogen-bond acceptors (Lipinski definition) is 3. The van der Waals surface area contributed by atoms with Gasteiger partial charge in [-0.2, -0.15) is 0 Å². The second kappa shape index (κ2) is 7.88. The number of methoxy groups -OCH3 is 2. The fraction of sp³-hybridized carbons (Fsp3) is 0.278. The highest BCUT2D eigenvalue weighted by Crippen LogP contribution is 2.31. The number of amides is 1. The van der Waals surface area contributed by atoms with E-state index >= 15 is 0 Å². The summed E-state index contributed by atoms with van der Waals surface area (Å²) in [6, 6.07) is 12.4. The Hall–Kier alpha value is -2.20. The maximum Gasteiger partial charge on any atom is 0.251 e. The van der Waals surface area contributed by atoms with Crippen molar-refractivity contribution in [1.29, 1.82) is 0 Å². The van der Waals surface area contributed by atoms with Crippen LogP contribution in [-0.4, -0.2) is 20.1 Å². The summed E-state index contributed by atoms with van der Waals surface area (Å²) in [5.41, 5.74) is 1.54. The molecule has 4 nitrogen and oxygen atoms in total. The Morgan fingerprint density at radius 1 is 1.09 bits per heavy atom. The van der Waals surface area contributed by atoms with Crippen molar-refractivity contribution in [3.05, 3.63) is 58.6 Å². The largest absolute Gasteiger partial charge is 0.493 e. The molecule has 2 aromatic carbocycles. The van der Waals surface area contributed by atoms with E-state index < -0.39 is 0 Å². The highest BCUT2D eigenvalue weighted by Gasteiger charge is 2.16. The molecule has 0 saturated carbocycles. The van der Waals surface area contributed by atoms with E-state index in [0.29, 0.717) is 22.1 Å². The molecule has 0 radical (unpaired) electrons. The molecule has 0 aliphatic rings. The van der Waals surface area contributed by atoms with E-state index in [1.54, 1.807) is 38.5 Å². The number of carbonyl (C=O) groups excluding carboxylic acids is 1. The lowest BCUT2D eigenvalue weighted by Gasteiger charge is -2.19. The van der Waals surface area contributed by atoms with Gasteiger partial charge in [-0.15, -0.1) is 0 Å². The minimum atomic E-state index is -0.136. The van der Waals surface area contributed by atoms with Crippen LogP contribution < -0.4 is 14.8 Å². The van der Waals surface area contributed by atoms with Crippen LogP contribution in [0.3, 0.4) is 0 Å². The maximum absolute atomic E-state index is 12.4. The molecule has 0 aliphatic carbocycles. The van der Waals surface area contributed by atoms with Crippen LogP contribution in [0.1, 0.15) is 35.3 Å². The van der Waals surface area contributed by atoms with Crippen molar-refractivity contribution in [2.24, 2.45) is 0 Å². The van der Waals surface area contributed by atoms with Crippen LogP contribution in [0.25, 0.3) is 0 Å². The molecule has 0 aromatic heterocycles. The van der Waals surface area contributed by atoms with Crippen molar-refractivity contribution in [3.63, 3.8) is 0 Å². The molecule has 122 valence electrons. The molecular weight excluding hydrogens is 314 g/mol. The molecule has 5 heteroatoms. The first kappa shape index (κ1) is 17.2. The third kappa shape index (κ3) is 4.17. The Morgan fingerprint density at radius 3 is 2.30 bits per heavy atom. The van der Waals surface area contributed by atoms with E-state index in [4.69, 9.17) is 21.1 Å². The van der Waals surface area contributed by atoms with Gasteiger partial charge >= 0.3 is 0 Å². The van der Waals surface area contributed by atoms with Crippen molar-refractivity contribution in [3.8, 4) is 11.5 Å². The van der Waals surface area contributed by atoms with Gasteiger partial charge in [0.25, 0.3) is 5.91 Å². The van der Waals surface area contributed by atoms with Gasteiger partial charge in [0.15, 0.2) is 11.5 Å². The summed E-state index contributed by atoms with van der Waals surface area (Å²) in [6.07, 6.45) is 0.759. The van der Waals surface area contributed by atoms with Crippen LogP contribution in [0, 0.1) is 0 Å². The van der Waals surface area contributed by atoms with Gasteiger partial charge in [0.2, 0.25) is 0 Å². The first-order chi connectivity index (χ1) is 11.1. The highest BCUT2D eigenvalue weighted by atomic mass is 35.5. The second-order valence-corrected chi connectivity index (χ2v) is 5.49. The van der Waals surface area contributed by atoms with Gasteiger partial charge in [-0.1, -0.05) is 24.6 Å². The number of ether oxygens (including phenoxy) is 2. The second-order valence-electron chi connectivity index (χ2n) is 5.06. The zero-order chi connectivity index (χ0) is 16.8. The molecular formula is C18H20ClNO3. The number of nitrogens with one attached hydrogen (secondary N) is 1. The smallest absolute Gasteiger partial charge is 0.251 e. The zero-order valence-electron chi connectivity index (χ0n) is 13.4. The molecule has 0 saturated heterocycles. The summed E-state index contributed by atoms with van der Waals surface area (Å²) < 4.78 is 10.6. The van der Waals surface area contributed by atoms with Crippen LogP contribution in [0.5, 0.6) is 11.5 Å². The Labute approximate surface area is 141 Å². The molecule has 1 amide bonds. The summed E-state index contributed by atoms with van der Waals surface area (Å²) in [7, 11) is 3.19. The number of halogens is 1. The van der Waals surface area contributed by atoms with E-state index in [-0.39, 0.29) is 11.9 Å². The lowest BCUT2D eigenvalue weighted by molar-refractivity contribution is 0.0935. The maximum atomic E-state index is 12.4. The molecule has 0 fully saturated rings. The van der Waals surface area contributed by atoms with Gasteiger partial charge < -0.3 is 14.8 Å². The van der Waals surface area contributed by atoms with Crippen LogP contribution >= 0.6 is 11.6 Å². The minimum absolute atomic E-state index is 0.113. The van der Waals surface area contributed by atoms with Gasteiger partial charge in [-0.05, 0) is 48.4 Å². The number of carbonyl (C=O) groups is 1. The van der Waals surface area contributed by atoms with Crippen LogP contribution in [-0.2, 0) is 0 Å². The SMILES string of the molecule is CC[C@@H](NC(=O)c1ccc(Cl)cc1)c1ccc(OC)c(OC)c1. The van der Waals surface area contributed by atoms with Crippen molar-refractivity contribution in [2.45, 2.75) is 19.4 Å². The molecule has 2 rings (SSSR count). The normalized spacial score (nSPS) is 11.7. The third-order valence-electron chi connectivity index (χ3n) is 3.63. The van der Waals surface area contributed by atoms with Gasteiger partial charge in [0.1, 0.15) is 0 Å². The molecule has 23 heavy (non-hydrogen) atoms. The molecule has 2 aromatic rings. The lowest BCUT2D eigenvalue weighted by Crippen LogP contribution is -2.28. The molecule has 0 spiro atoms. The molecule has 0 heterocycles. The topological polar surface area (TPSA) is 47.6 Å². The van der Waals surface area contributed by atoms with Crippen molar-refractivity contribution in [2.75, 3.05) is 14.2 Å². The Morgan fingerprint density at radius 2 is 1.74 bits per heavy atom. The molecule has 0 bridgehead atoms. The highest BCUT2D eigenvalue weighted by molar-refractivity contribution is 6.30. The van der Waals surface area contributed by atoms with Gasteiger partial charge in [-0.25, -0.2) is 0 Å². The van der Waals surface area contributed by atoms with E-state index in [1.807, 2.05) is 25.1 Å². The first-order valence-corrected chi connectivity index (χ1v) is 7.75. The summed E-state index contributed by atoms with van der Waals surface area (Å²) in [5, 5.41) is 3.63. The zero-order valence-corrected chi connectivity index (χ0v) is 14.2. The van der Waals surface area contributed by atoms with Crippen molar-refractivity contribution < 1.29 is 14.3 Å². The van der Waals surface area contributed by atoms with Gasteiger partial charge in [-0.3, -0.25) is 4.79 Å². The lowest BCUT2D eigenvalue weighted by atomic mass is 10.0. The van der Waals surface area contributed by atoms with Crippen LogP contribution in [0.15, 0.2) is 42.5 Å².